The lowest BCUT2D eigenvalue weighted by Gasteiger charge is -2.21. The van der Waals surface area contributed by atoms with Crippen molar-refractivity contribution in [2.24, 2.45) is 5.41 Å². The van der Waals surface area contributed by atoms with Crippen LogP contribution in [-0.2, 0) is 9.53 Å². The molecule has 24 heavy (non-hydrogen) atoms. The molecule has 1 aromatic heterocycles. The predicted molar refractivity (Wildman–Crippen MR) is 98.2 cm³/mol. The van der Waals surface area contributed by atoms with Gasteiger partial charge >= 0.3 is 5.97 Å². The fourth-order valence-corrected chi connectivity index (χ4v) is 3.34. The minimum absolute atomic E-state index is 0.0759. The normalized spacial score (nSPS) is 14.2. The molecule has 0 saturated heterocycles. The number of carbonyl (C=O) groups excluding carboxylic acids is 1. The number of esters is 1. The van der Waals surface area contributed by atoms with Crippen molar-refractivity contribution < 1.29 is 14.1 Å². The van der Waals surface area contributed by atoms with E-state index < -0.39 is 13.7 Å². The topological polar surface area (TPSA) is 60.5 Å². The second kappa shape index (κ2) is 8.11. The molecule has 7 heteroatoms. The Kier molecular flexibility index (Phi) is 6.39. The standard InChI is InChI=1S/C17H22ClN2O3P/c1-12(16(21)22-11-17(2,3)4)20-24(18)23-15-9-5-8-14-13(15)7-6-10-19-14/h5-10,12,20H,11H2,1-4H3. The van der Waals surface area contributed by atoms with Gasteiger partial charge in [0.1, 0.15) is 11.8 Å². The average Bonchev–Trinajstić information content (AvgIpc) is 2.52. The highest BCUT2D eigenvalue weighted by Gasteiger charge is 2.22. The summed E-state index contributed by atoms with van der Waals surface area (Å²) in [6.45, 7) is 8.07. The molecule has 2 aromatic rings. The lowest BCUT2D eigenvalue weighted by atomic mass is 9.99. The van der Waals surface area contributed by atoms with Crippen molar-refractivity contribution in [1.29, 1.82) is 0 Å². The molecule has 5 nitrogen and oxygen atoms in total. The van der Waals surface area contributed by atoms with Gasteiger partial charge in [-0.05, 0) is 47.8 Å². The van der Waals surface area contributed by atoms with Crippen LogP contribution in [0.3, 0.4) is 0 Å². The highest BCUT2D eigenvalue weighted by Crippen LogP contribution is 2.41. The minimum Gasteiger partial charge on any atom is -0.464 e. The van der Waals surface area contributed by atoms with Crippen molar-refractivity contribution in [3.05, 3.63) is 36.5 Å². The van der Waals surface area contributed by atoms with Gasteiger partial charge < -0.3 is 9.26 Å². The Morgan fingerprint density at radius 3 is 2.79 bits per heavy atom. The Bertz CT molecular complexity index is 700. The van der Waals surface area contributed by atoms with Crippen molar-refractivity contribution in [1.82, 2.24) is 10.1 Å². The Balaban J connectivity index is 1.94. The third-order valence-electron chi connectivity index (χ3n) is 3.08. The van der Waals surface area contributed by atoms with E-state index in [1.165, 1.54) is 0 Å². The minimum atomic E-state index is -1.55. The van der Waals surface area contributed by atoms with Crippen LogP contribution in [0.4, 0.5) is 0 Å². The molecule has 0 aliphatic rings. The molecule has 0 spiro atoms. The Hall–Kier alpha value is -1.42. The maximum atomic E-state index is 12.0. The van der Waals surface area contributed by atoms with E-state index in [0.29, 0.717) is 12.4 Å². The SMILES string of the molecule is CC(NP(Cl)Oc1cccc2ncccc12)C(=O)OCC(C)(C)C. The number of hydrogen-bond donors (Lipinski definition) is 1. The number of rotatable bonds is 6. The molecule has 0 aliphatic heterocycles. The molecule has 1 N–H and O–H groups in total. The van der Waals surface area contributed by atoms with Crippen molar-refractivity contribution in [3.8, 4) is 5.75 Å². The molecule has 2 unspecified atom stereocenters. The number of carbonyl (C=O) groups is 1. The molecule has 1 aromatic carbocycles. The zero-order valence-electron chi connectivity index (χ0n) is 14.2. The fourth-order valence-electron chi connectivity index (χ4n) is 1.89. The first-order valence-electron chi connectivity index (χ1n) is 7.67. The molecular weight excluding hydrogens is 347 g/mol. The van der Waals surface area contributed by atoms with E-state index in [-0.39, 0.29) is 11.4 Å². The van der Waals surface area contributed by atoms with Crippen molar-refractivity contribution >= 4 is 35.8 Å². The van der Waals surface area contributed by atoms with Gasteiger partial charge in [0, 0.05) is 11.6 Å². The monoisotopic (exact) mass is 368 g/mol. The maximum Gasteiger partial charge on any atom is 0.323 e. The van der Waals surface area contributed by atoms with Gasteiger partial charge in [-0.2, -0.15) is 0 Å². The zero-order chi connectivity index (χ0) is 17.7. The first-order valence-corrected chi connectivity index (χ1v) is 9.83. The molecule has 0 radical (unpaired) electrons. The van der Waals surface area contributed by atoms with Crippen LogP contribution in [0.1, 0.15) is 27.7 Å². The van der Waals surface area contributed by atoms with Crippen LogP contribution < -0.4 is 9.61 Å². The number of nitrogens with one attached hydrogen (secondary N) is 1. The summed E-state index contributed by atoms with van der Waals surface area (Å²) in [7, 11) is -1.55. The zero-order valence-corrected chi connectivity index (χ0v) is 15.9. The number of benzene rings is 1. The lowest BCUT2D eigenvalue weighted by Crippen LogP contribution is -2.33. The summed E-state index contributed by atoms with van der Waals surface area (Å²) >= 11 is 6.25. The Morgan fingerprint density at radius 2 is 2.08 bits per heavy atom. The first kappa shape index (κ1) is 18.9. The lowest BCUT2D eigenvalue weighted by molar-refractivity contribution is -0.147. The van der Waals surface area contributed by atoms with Crippen LogP contribution in [0.5, 0.6) is 5.75 Å². The number of nitrogens with zero attached hydrogens (tertiary/aromatic N) is 1. The molecule has 0 aliphatic carbocycles. The van der Waals surface area contributed by atoms with Crippen molar-refractivity contribution in [2.45, 2.75) is 33.7 Å². The van der Waals surface area contributed by atoms with Gasteiger partial charge in [0.15, 0.2) is 0 Å². The second-order valence-electron chi connectivity index (χ2n) is 6.68. The number of fused-ring (bicyclic) bond motifs is 1. The molecule has 0 amide bonds. The molecule has 0 bridgehead atoms. The van der Waals surface area contributed by atoms with Crippen LogP contribution >= 0.6 is 18.9 Å². The number of pyridine rings is 1. The Morgan fingerprint density at radius 1 is 1.33 bits per heavy atom. The first-order chi connectivity index (χ1) is 11.3. The number of hydrogen-bond acceptors (Lipinski definition) is 5. The van der Waals surface area contributed by atoms with E-state index in [4.69, 9.17) is 20.5 Å². The smallest absolute Gasteiger partial charge is 0.323 e. The maximum absolute atomic E-state index is 12.0. The predicted octanol–water partition coefficient (Wildman–Crippen LogP) is 4.65. The highest BCUT2D eigenvalue weighted by atomic mass is 35.7. The summed E-state index contributed by atoms with van der Waals surface area (Å²) in [6, 6.07) is 8.78. The third kappa shape index (κ3) is 5.59. The van der Waals surface area contributed by atoms with E-state index in [1.54, 1.807) is 13.1 Å². The van der Waals surface area contributed by atoms with E-state index in [2.05, 4.69) is 10.1 Å². The second-order valence-corrected chi connectivity index (χ2v) is 8.53. The van der Waals surface area contributed by atoms with Crippen LogP contribution in [-0.4, -0.2) is 23.6 Å². The summed E-state index contributed by atoms with van der Waals surface area (Å²) in [5, 5.41) is 3.82. The summed E-state index contributed by atoms with van der Waals surface area (Å²) in [5.74, 6) is 0.283. The van der Waals surface area contributed by atoms with Crippen LogP contribution in [0.25, 0.3) is 10.9 Å². The van der Waals surface area contributed by atoms with Crippen molar-refractivity contribution in [3.63, 3.8) is 0 Å². The summed E-state index contributed by atoms with van der Waals surface area (Å²) in [6.07, 6.45) is 1.72. The summed E-state index contributed by atoms with van der Waals surface area (Å²) < 4.78 is 11.0. The van der Waals surface area contributed by atoms with Gasteiger partial charge in [-0.1, -0.05) is 26.8 Å². The van der Waals surface area contributed by atoms with E-state index >= 15 is 0 Å². The van der Waals surface area contributed by atoms with Gasteiger partial charge in [-0.3, -0.25) is 9.78 Å². The quantitative estimate of drug-likeness (QED) is 0.594. The van der Waals surface area contributed by atoms with Crippen LogP contribution in [0.15, 0.2) is 36.5 Å². The number of ether oxygens (including phenoxy) is 1. The van der Waals surface area contributed by atoms with Gasteiger partial charge in [-0.25, -0.2) is 5.09 Å². The number of aromatic nitrogens is 1. The number of halogens is 1. The van der Waals surface area contributed by atoms with Gasteiger partial charge in [0.2, 0.25) is 0 Å². The molecule has 2 atom stereocenters. The largest absolute Gasteiger partial charge is 0.464 e. The van der Waals surface area contributed by atoms with Gasteiger partial charge in [0.05, 0.1) is 12.1 Å². The van der Waals surface area contributed by atoms with Crippen LogP contribution in [0, 0.1) is 5.41 Å². The molecular formula is C17H22ClN2O3P. The highest BCUT2D eigenvalue weighted by molar-refractivity contribution is 7.78. The molecule has 1 heterocycles. The van der Waals surface area contributed by atoms with E-state index in [9.17, 15) is 4.79 Å². The molecule has 0 saturated carbocycles. The third-order valence-corrected chi connectivity index (χ3v) is 4.53. The van der Waals surface area contributed by atoms with E-state index in [1.807, 2.05) is 51.1 Å². The van der Waals surface area contributed by atoms with E-state index in [0.717, 1.165) is 10.9 Å². The summed E-state index contributed by atoms with van der Waals surface area (Å²) in [4.78, 5) is 16.3. The Labute approximate surface area is 148 Å². The van der Waals surface area contributed by atoms with Gasteiger partial charge in [-0.15, -0.1) is 0 Å². The van der Waals surface area contributed by atoms with Gasteiger partial charge in [0.25, 0.3) is 7.65 Å². The average molecular weight is 369 g/mol. The van der Waals surface area contributed by atoms with Crippen LogP contribution in [0.2, 0.25) is 0 Å². The van der Waals surface area contributed by atoms with Crippen molar-refractivity contribution in [2.75, 3.05) is 6.61 Å². The molecule has 130 valence electrons. The summed E-state index contributed by atoms with van der Waals surface area (Å²) in [5.41, 5.74) is 0.751. The fraction of sp³-hybridized carbons (Fsp3) is 0.412. The molecule has 0 fully saturated rings. The molecule has 2 rings (SSSR count).